The van der Waals surface area contributed by atoms with Crippen molar-refractivity contribution in [2.24, 2.45) is 0 Å². The Morgan fingerprint density at radius 2 is 1.50 bits per heavy atom. The van der Waals surface area contributed by atoms with Crippen LogP contribution in [-0.2, 0) is 21.1 Å². The molecule has 5 aromatic rings. The zero-order chi connectivity index (χ0) is 21.5. The van der Waals surface area contributed by atoms with E-state index in [9.17, 15) is 18.7 Å². The predicted molar refractivity (Wildman–Crippen MR) is 111 cm³/mol. The van der Waals surface area contributed by atoms with Crippen LogP contribution in [0.2, 0.25) is 0 Å². The summed E-state index contributed by atoms with van der Waals surface area (Å²) in [5.74, 6) is -3.12. The summed E-state index contributed by atoms with van der Waals surface area (Å²) in [7, 11) is 0. The van der Waals surface area contributed by atoms with Gasteiger partial charge in [0.05, 0.1) is 11.2 Å². The Bertz CT molecular complexity index is 1510. The van der Waals surface area contributed by atoms with Crippen molar-refractivity contribution in [2.45, 2.75) is 0 Å². The Balaban J connectivity index is 0.00000245. The topological polar surface area (TPSA) is 76.0 Å². The number of pyridine rings is 3. The molecule has 0 saturated heterocycles. The molecule has 0 radical (unpaired) electrons. The van der Waals surface area contributed by atoms with E-state index in [1.165, 1.54) is 0 Å². The summed E-state index contributed by atoms with van der Waals surface area (Å²) >= 11 is 0. The molecule has 3 aromatic heterocycles. The van der Waals surface area contributed by atoms with Crippen LogP contribution in [0.5, 0.6) is 0 Å². The Hall–Kier alpha value is -3.57. The van der Waals surface area contributed by atoms with Gasteiger partial charge in [0.1, 0.15) is 11.9 Å². The molecule has 32 heavy (non-hydrogen) atoms. The third-order valence-electron chi connectivity index (χ3n) is 4.96. The van der Waals surface area contributed by atoms with Crippen LogP contribution >= 0.6 is 0 Å². The molecule has 0 aliphatic heterocycles. The van der Waals surface area contributed by atoms with Gasteiger partial charge in [-0.15, -0.1) is 6.07 Å². The van der Waals surface area contributed by atoms with E-state index in [-0.39, 0.29) is 38.0 Å². The van der Waals surface area contributed by atoms with Gasteiger partial charge in [-0.2, -0.15) is 0 Å². The van der Waals surface area contributed by atoms with Crippen molar-refractivity contribution in [1.82, 2.24) is 15.0 Å². The van der Waals surface area contributed by atoms with Gasteiger partial charge in [-0.05, 0) is 17.1 Å². The van der Waals surface area contributed by atoms with Gasteiger partial charge >= 0.3 is 5.97 Å². The predicted octanol–water partition coefficient (Wildman–Crippen LogP) is 5.29. The van der Waals surface area contributed by atoms with Crippen LogP contribution in [0.4, 0.5) is 8.78 Å². The molecule has 0 aliphatic rings. The standard InChI is InChI=1S/C24H12F2N3O2.Pt/c25-20-12-11-17(23(26)28-20)19-10-4-9-18(27-19)16-8-3-7-14-13-5-1-2-6-15(13)22(24(30)31)29-21(14)16;/h1-10,12H,(H,30,31);/q-1;. The molecule has 5 rings (SSSR count). The average Bonchev–Trinajstić information content (AvgIpc) is 2.78. The molecule has 160 valence electrons. The third kappa shape index (κ3) is 3.65. The SMILES string of the molecule is O=C(O)c1nc2c(-c3cccc(-c4[c-]cc(F)nc4F)n3)cccc2c2ccccc12.[Pt]. The molecule has 0 atom stereocenters. The molecule has 1 N–H and O–H groups in total. The van der Waals surface area contributed by atoms with Crippen LogP contribution in [0.15, 0.2) is 66.7 Å². The zero-order valence-corrected chi connectivity index (χ0v) is 18.4. The molecule has 3 heterocycles. The number of aromatic nitrogens is 3. The average molecular weight is 607 g/mol. The second-order valence-corrected chi connectivity index (χ2v) is 6.81. The fraction of sp³-hybridized carbons (Fsp3) is 0. The number of hydrogen-bond donors (Lipinski definition) is 1. The number of para-hydroxylation sites is 1. The summed E-state index contributed by atoms with van der Waals surface area (Å²) < 4.78 is 27.3. The monoisotopic (exact) mass is 607 g/mol. The van der Waals surface area contributed by atoms with Crippen LogP contribution in [0.1, 0.15) is 10.5 Å². The minimum absolute atomic E-state index is 0. The van der Waals surface area contributed by atoms with Crippen LogP contribution in [0, 0.1) is 18.0 Å². The first-order chi connectivity index (χ1) is 15.0. The van der Waals surface area contributed by atoms with Crippen molar-refractivity contribution >= 4 is 27.6 Å². The van der Waals surface area contributed by atoms with Gasteiger partial charge < -0.3 is 5.11 Å². The summed E-state index contributed by atoms with van der Waals surface area (Å²) in [5.41, 5.74) is 1.60. The van der Waals surface area contributed by atoms with Crippen molar-refractivity contribution in [1.29, 1.82) is 0 Å². The van der Waals surface area contributed by atoms with Crippen molar-refractivity contribution in [2.75, 3.05) is 0 Å². The largest absolute Gasteiger partial charge is 0.476 e. The number of nitrogens with zero attached hydrogens (tertiary/aromatic N) is 3. The molecular weight excluding hydrogens is 595 g/mol. The molecule has 0 bridgehead atoms. The number of carbonyl (C=O) groups is 1. The number of rotatable bonds is 3. The molecule has 0 unspecified atom stereocenters. The second kappa shape index (κ2) is 8.52. The van der Waals surface area contributed by atoms with Crippen LogP contribution in [0.3, 0.4) is 0 Å². The summed E-state index contributed by atoms with van der Waals surface area (Å²) in [5, 5.41) is 11.7. The maximum absolute atomic E-state index is 14.1. The molecule has 0 amide bonds. The molecule has 5 nitrogen and oxygen atoms in total. The van der Waals surface area contributed by atoms with Gasteiger partial charge in [-0.3, -0.25) is 9.97 Å². The number of benzene rings is 2. The van der Waals surface area contributed by atoms with Gasteiger partial charge in [0.15, 0.2) is 5.69 Å². The molecule has 2 aromatic carbocycles. The number of halogens is 2. The van der Waals surface area contributed by atoms with E-state index in [0.29, 0.717) is 22.2 Å². The first kappa shape index (κ1) is 21.7. The van der Waals surface area contributed by atoms with E-state index < -0.39 is 17.9 Å². The normalized spacial score (nSPS) is 10.8. The van der Waals surface area contributed by atoms with Gasteiger partial charge in [0.2, 0.25) is 0 Å². The summed E-state index contributed by atoms with van der Waals surface area (Å²) in [6.07, 6.45) is 0. The number of carboxylic acids is 1. The molecule has 0 spiro atoms. The molecule has 0 saturated carbocycles. The first-order valence-electron chi connectivity index (χ1n) is 9.29. The summed E-state index contributed by atoms with van der Waals surface area (Å²) in [6, 6.07) is 21.0. The van der Waals surface area contributed by atoms with Crippen LogP contribution < -0.4 is 0 Å². The van der Waals surface area contributed by atoms with Crippen LogP contribution in [0.25, 0.3) is 44.2 Å². The maximum Gasteiger partial charge on any atom is 0.355 e. The molecule has 0 aliphatic carbocycles. The van der Waals surface area contributed by atoms with Crippen LogP contribution in [-0.4, -0.2) is 26.0 Å². The maximum atomic E-state index is 14.1. The van der Waals surface area contributed by atoms with E-state index in [2.05, 4.69) is 21.0 Å². The van der Waals surface area contributed by atoms with Crippen molar-refractivity contribution in [3.8, 4) is 22.5 Å². The van der Waals surface area contributed by atoms with E-state index in [1.807, 2.05) is 24.3 Å². The zero-order valence-electron chi connectivity index (χ0n) is 16.1. The summed E-state index contributed by atoms with van der Waals surface area (Å²) in [6.45, 7) is 0. The van der Waals surface area contributed by atoms with Gasteiger partial charge in [0, 0.05) is 37.4 Å². The number of aromatic carboxylic acids is 1. The van der Waals surface area contributed by atoms with Crippen molar-refractivity contribution in [3.05, 3.63) is 90.4 Å². The second-order valence-electron chi connectivity index (χ2n) is 6.81. The molecule has 8 heteroatoms. The molecular formula is C24H12F2N3O2Pt-. The van der Waals surface area contributed by atoms with E-state index in [0.717, 1.165) is 16.8 Å². The number of carboxylic acid groups (broad SMARTS) is 1. The number of fused-ring (bicyclic) bond motifs is 3. The smallest absolute Gasteiger partial charge is 0.355 e. The Kier molecular flexibility index (Phi) is 5.76. The van der Waals surface area contributed by atoms with Gasteiger partial charge in [-0.25, -0.2) is 18.6 Å². The molecule has 0 fully saturated rings. The fourth-order valence-electron chi connectivity index (χ4n) is 3.62. The Morgan fingerprint density at radius 1 is 0.812 bits per heavy atom. The van der Waals surface area contributed by atoms with Gasteiger partial charge in [0.25, 0.3) is 0 Å². The quantitative estimate of drug-likeness (QED) is 0.172. The van der Waals surface area contributed by atoms with E-state index >= 15 is 0 Å². The van der Waals surface area contributed by atoms with Gasteiger partial charge in [-0.1, -0.05) is 66.2 Å². The first-order valence-corrected chi connectivity index (χ1v) is 9.29. The number of hydrogen-bond acceptors (Lipinski definition) is 4. The van der Waals surface area contributed by atoms with Crippen molar-refractivity contribution < 1.29 is 39.7 Å². The third-order valence-corrected chi connectivity index (χ3v) is 4.96. The Labute approximate surface area is 195 Å². The minimum Gasteiger partial charge on any atom is -0.476 e. The van der Waals surface area contributed by atoms with Crippen molar-refractivity contribution in [3.63, 3.8) is 0 Å². The minimum atomic E-state index is -1.14. The Morgan fingerprint density at radius 3 is 2.25 bits per heavy atom. The van der Waals surface area contributed by atoms with E-state index in [1.54, 1.807) is 36.4 Å². The fourth-order valence-corrected chi connectivity index (χ4v) is 3.62. The summed E-state index contributed by atoms with van der Waals surface area (Å²) in [4.78, 5) is 23.9. The van der Waals surface area contributed by atoms with E-state index in [4.69, 9.17) is 0 Å².